The summed E-state index contributed by atoms with van der Waals surface area (Å²) in [4.78, 5) is 2.40. The van der Waals surface area contributed by atoms with Crippen LogP contribution in [-0.4, -0.2) is 57.5 Å². The third-order valence-corrected chi connectivity index (χ3v) is 5.81. The standard InChI is InChI=1S/C12H24N2O2S/c1-13-10-11-2-4-12(5-3-11)14-6-8-17(15,16)9-7-14/h11-13H,2-10H2,1H3/t11-,12-. The van der Waals surface area contributed by atoms with Crippen LogP contribution < -0.4 is 5.32 Å². The summed E-state index contributed by atoms with van der Waals surface area (Å²) in [5, 5.41) is 3.25. The van der Waals surface area contributed by atoms with Gasteiger partial charge in [0.25, 0.3) is 0 Å². The Morgan fingerprint density at radius 1 is 1.12 bits per heavy atom. The van der Waals surface area contributed by atoms with Gasteiger partial charge in [0.05, 0.1) is 11.5 Å². The number of hydrogen-bond donors (Lipinski definition) is 1. The first-order chi connectivity index (χ1) is 8.11. The predicted molar refractivity (Wildman–Crippen MR) is 69.9 cm³/mol. The van der Waals surface area contributed by atoms with E-state index in [1.807, 2.05) is 7.05 Å². The lowest BCUT2D eigenvalue weighted by atomic mass is 9.85. The largest absolute Gasteiger partial charge is 0.319 e. The van der Waals surface area contributed by atoms with Crippen molar-refractivity contribution < 1.29 is 8.42 Å². The van der Waals surface area contributed by atoms with Gasteiger partial charge in [0, 0.05) is 19.1 Å². The Hall–Kier alpha value is -0.130. The molecule has 2 aliphatic rings. The molecule has 1 aliphatic heterocycles. The number of nitrogens with zero attached hydrogens (tertiary/aromatic N) is 1. The zero-order valence-corrected chi connectivity index (χ0v) is 11.5. The number of rotatable bonds is 3. The fourth-order valence-electron chi connectivity index (χ4n) is 3.09. The van der Waals surface area contributed by atoms with E-state index in [2.05, 4.69) is 10.2 Å². The highest BCUT2D eigenvalue weighted by atomic mass is 32.2. The smallest absolute Gasteiger partial charge is 0.152 e. The third kappa shape index (κ3) is 3.66. The van der Waals surface area contributed by atoms with Crippen molar-refractivity contribution in [2.24, 2.45) is 5.92 Å². The molecule has 4 nitrogen and oxygen atoms in total. The molecular formula is C12H24N2O2S. The molecule has 0 spiro atoms. The van der Waals surface area contributed by atoms with Crippen molar-refractivity contribution in [3.63, 3.8) is 0 Å². The second-order valence-corrected chi connectivity index (χ2v) is 7.72. The fourth-order valence-corrected chi connectivity index (χ4v) is 4.32. The van der Waals surface area contributed by atoms with Gasteiger partial charge in [-0.1, -0.05) is 0 Å². The van der Waals surface area contributed by atoms with Crippen LogP contribution in [0.25, 0.3) is 0 Å². The summed E-state index contributed by atoms with van der Waals surface area (Å²) in [5.74, 6) is 1.55. The molecule has 0 bridgehead atoms. The Morgan fingerprint density at radius 3 is 2.24 bits per heavy atom. The average Bonchev–Trinajstić information content (AvgIpc) is 2.31. The second-order valence-electron chi connectivity index (χ2n) is 5.42. The minimum absolute atomic E-state index is 0.365. The van der Waals surface area contributed by atoms with Crippen LogP contribution in [0.15, 0.2) is 0 Å². The van der Waals surface area contributed by atoms with Crippen molar-refractivity contribution in [1.29, 1.82) is 0 Å². The van der Waals surface area contributed by atoms with Crippen LogP contribution >= 0.6 is 0 Å². The van der Waals surface area contributed by atoms with Crippen molar-refractivity contribution in [2.45, 2.75) is 31.7 Å². The van der Waals surface area contributed by atoms with Gasteiger partial charge >= 0.3 is 0 Å². The van der Waals surface area contributed by atoms with Crippen LogP contribution in [-0.2, 0) is 9.84 Å². The maximum absolute atomic E-state index is 11.4. The van der Waals surface area contributed by atoms with E-state index in [1.165, 1.54) is 25.7 Å². The molecule has 0 aromatic rings. The van der Waals surface area contributed by atoms with Crippen LogP contribution in [0.3, 0.4) is 0 Å². The number of sulfone groups is 1. The monoisotopic (exact) mass is 260 g/mol. The van der Waals surface area contributed by atoms with E-state index >= 15 is 0 Å². The molecule has 0 aromatic carbocycles. The predicted octanol–water partition coefficient (Wildman–Crippen LogP) is 0.495. The number of hydrogen-bond acceptors (Lipinski definition) is 4. The van der Waals surface area contributed by atoms with E-state index in [0.717, 1.165) is 25.6 Å². The summed E-state index contributed by atoms with van der Waals surface area (Å²) in [6.07, 6.45) is 5.06. The molecule has 0 aromatic heterocycles. The molecule has 2 fully saturated rings. The topological polar surface area (TPSA) is 49.4 Å². The van der Waals surface area contributed by atoms with Gasteiger partial charge in [-0.25, -0.2) is 8.42 Å². The summed E-state index contributed by atoms with van der Waals surface area (Å²) in [5.41, 5.74) is 0. The summed E-state index contributed by atoms with van der Waals surface area (Å²) in [7, 11) is -0.710. The Balaban J connectivity index is 1.78. The first-order valence-corrected chi connectivity index (χ1v) is 8.52. The molecule has 0 unspecified atom stereocenters. The summed E-state index contributed by atoms with van der Waals surface area (Å²) >= 11 is 0. The van der Waals surface area contributed by atoms with Gasteiger partial charge in [-0.3, -0.25) is 4.90 Å². The minimum atomic E-state index is -2.73. The first kappa shape index (κ1) is 13.3. The molecule has 100 valence electrons. The number of nitrogens with one attached hydrogen (secondary N) is 1. The molecule has 0 radical (unpaired) electrons. The van der Waals surface area contributed by atoms with E-state index in [4.69, 9.17) is 0 Å². The maximum Gasteiger partial charge on any atom is 0.152 e. The van der Waals surface area contributed by atoms with Crippen LogP contribution in [0.5, 0.6) is 0 Å². The van der Waals surface area contributed by atoms with Crippen LogP contribution in [0.1, 0.15) is 25.7 Å². The molecule has 1 saturated heterocycles. The van der Waals surface area contributed by atoms with Crippen molar-refractivity contribution in [2.75, 3.05) is 38.2 Å². The van der Waals surface area contributed by atoms with Crippen LogP contribution in [0.4, 0.5) is 0 Å². The second kappa shape index (κ2) is 5.67. The zero-order chi connectivity index (χ0) is 12.3. The van der Waals surface area contributed by atoms with Crippen LogP contribution in [0, 0.1) is 5.92 Å². The SMILES string of the molecule is CNC[C@H]1CC[C@H](N2CCS(=O)(=O)CC2)CC1. The van der Waals surface area contributed by atoms with Gasteiger partial charge < -0.3 is 5.32 Å². The normalized spacial score (nSPS) is 34.6. The molecule has 17 heavy (non-hydrogen) atoms. The van der Waals surface area contributed by atoms with E-state index in [1.54, 1.807) is 0 Å². The third-order valence-electron chi connectivity index (χ3n) is 4.20. The summed E-state index contributed by atoms with van der Waals surface area (Å²) in [6.45, 7) is 2.63. The van der Waals surface area contributed by atoms with Gasteiger partial charge in [-0.15, -0.1) is 0 Å². The first-order valence-electron chi connectivity index (χ1n) is 6.70. The molecule has 0 atom stereocenters. The van der Waals surface area contributed by atoms with Gasteiger partial charge in [-0.2, -0.15) is 0 Å². The average molecular weight is 260 g/mol. The Kier molecular flexibility index (Phi) is 4.44. The highest BCUT2D eigenvalue weighted by molar-refractivity contribution is 7.91. The molecule has 1 saturated carbocycles. The molecular weight excluding hydrogens is 236 g/mol. The quantitative estimate of drug-likeness (QED) is 0.802. The molecule has 1 aliphatic carbocycles. The van der Waals surface area contributed by atoms with E-state index in [-0.39, 0.29) is 0 Å². The Morgan fingerprint density at radius 2 is 1.71 bits per heavy atom. The van der Waals surface area contributed by atoms with E-state index in [0.29, 0.717) is 17.5 Å². The van der Waals surface area contributed by atoms with Gasteiger partial charge in [0.2, 0.25) is 0 Å². The molecule has 5 heteroatoms. The summed E-state index contributed by atoms with van der Waals surface area (Å²) < 4.78 is 22.8. The highest BCUT2D eigenvalue weighted by Gasteiger charge is 2.29. The van der Waals surface area contributed by atoms with Crippen molar-refractivity contribution >= 4 is 9.84 Å². The van der Waals surface area contributed by atoms with E-state index < -0.39 is 9.84 Å². The van der Waals surface area contributed by atoms with Crippen molar-refractivity contribution in [3.8, 4) is 0 Å². The van der Waals surface area contributed by atoms with E-state index in [9.17, 15) is 8.42 Å². The lowest BCUT2D eigenvalue weighted by Gasteiger charge is -2.38. The van der Waals surface area contributed by atoms with Crippen molar-refractivity contribution in [1.82, 2.24) is 10.2 Å². The fraction of sp³-hybridized carbons (Fsp3) is 1.00. The lowest BCUT2D eigenvalue weighted by molar-refractivity contribution is 0.146. The Bertz CT molecular complexity index is 320. The van der Waals surface area contributed by atoms with Gasteiger partial charge in [0.1, 0.15) is 0 Å². The molecule has 0 amide bonds. The zero-order valence-electron chi connectivity index (χ0n) is 10.7. The van der Waals surface area contributed by atoms with Gasteiger partial charge in [0.15, 0.2) is 9.84 Å². The Labute approximate surface area is 105 Å². The van der Waals surface area contributed by atoms with Crippen molar-refractivity contribution in [3.05, 3.63) is 0 Å². The van der Waals surface area contributed by atoms with Crippen LogP contribution in [0.2, 0.25) is 0 Å². The minimum Gasteiger partial charge on any atom is -0.319 e. The molecule has 2 rings (SSSR count). The van der Waals surface area contributed by atoms with Gasteiger partial charge in [-0.05, 0) is 45.2 Å². The molecule has 1 heterocycles. The highest BCUT2D eigenvalue weighted by Crippen LogP contribution is 2.27. The molecule has 1 N–H and O–H groups in total. The maximum atomic E-state index is 11.4. The lowest BCUT2D eigenvalue weighted by Crippen LogP contribution is -2.47. The summed E-state index contributed by atoms with van der Waals surface area (Å²) in [6, 6.07) is 0.638.